The van der Waals surface area contributed by atoms with Crippen LogP contribution in [-0.4, -0.2) is 37.7 Å². The normalized spacial score (nSPS) is 10.9. The van der Waals surface area contributed by atoms with Crippen LogP contribution in [0.5, 0.6) is 17.2 Å². The number of anilines is 1. The molecular formula is C25H21Cl2N3O6. The highest BCUT2D eigenvalue weighted by Crippen LogP contribution is 2.30. The molecule has 0 heterocycles. The van der Waals surface area contributed by atoms with Gasteiger partial charge in [-0.15, -0.1) is 0 Å². The monoisotopic (exact) mass is 529 g/mol. The molecular weight excluding hydrogens is 509 g/mol. The number of carbonyl (C=O) groups is 3. The topological polar surface area (TPSA) is 115 Å². The van der Waals surface area contributed by atoms with Crippen molar-refractivity contribution in [2.75, 3.05) is 19.5 Å². The van der Waals surface area contributed by atoms with E-state index >= 15 is 0 Å². The second-order valence-corrected chi connectivity index (χ2v) is 7.99. The largest absolute Gasteiger partial charge is 0.496 e. The Bertz CT molecular complexity index is 1340. The van der Waals surface area contributed by atoms with E-state index in [0.29, 0.717) is 27.7 Å². The number of para-hydroxylation sites is 1. The van der Waals surface area contributed by atoms with Crippen molar-refractivity contribution in [1.82, 2.24) is 5.43 Å². The Kier molecular flexibility index (Phi) is 8.88. The number of hydrogen-bond donors (Lipinski definition) is 2. The zero-order valence-electron chi connectivity index (χ0n) is 19.4. The fourth-order valence-electron chi connectivity index (χ4n) is 2.96. The van der Waals surface area contributed by atoms with Crippen LogP contribution < -0.4 is 25.0 Å². The Labute approximate surface area is 216 Å². The number of halogens is 2. The molecule has 3 aromatic carbocycles. The van der Waals surface area contributed by atoms with Gasteiger partial charge in [0.05, 0.1) is 30.0 Å². The van der Waals surface area contributed by atoms with E-state index < -0.39 is 17.8 Å². The first-order valence-corrected chi connectivity index (χ1v) is 11.1. The Hall–Kier alpha value is -4.08. The van der Waals surface area contributed by atoms with E-state index in [9.17, 15) is 14.4 Å². The molecule has 9 nitrogen and oxygen atoms in total. The first-order chi connectivity index (χ1) is 17.2. The third kappa shape index (κ3) is 6.53. The minimum Gasteiger partial charge on any atom is -0.496 e. The molecule has 0 bridgehead atoms. The summed E-state index contributed by atoms with van der Waals surface area (Å²) in [6, 6.07) is 15.8. The van der Waals surface area contributed by atoms with Crippen molar-refractivity contribution in [3.63, 3.8) is 0 Å². The summed E-state index contributed by atoms with van der Waals surface area (Å²) in [5.74, 6) is -1.75. The Balaban J connectivity index is 1.68. The van der Waals surface area contributed by atoms with E-state index in [-0.39, 0.29) is 22.1 Å². The van der Waals surface area contributed by atoms with Crippen LogP contribution in [0.3, 0.4) is 0 Å². The molecule has 186 valence electrons. The molecule has 3 rings (SSSR count). The fourth-order valence-corrected chi connectivity index (χ4v) is 3.25. The van der Waals surface area contributed by atoms with Crippen LogP contribution in [0.2, 0.25) is 10.0 Å². The number of amides is 2. The van der Waals surface area contributed by atoms with Crippen molar-refractivity contribution in [3.8, 4) is 17.2 Å². The molecule has 36 heavy (non-hydrogen) atoms. The number of benzene rings is 3. The Morgan fingerprint density at radius 1 is 0.806 bits per heavy atom. The van der Waals surface area contributed by atoms with Crippen LogP contribution in [0, 0.1) is 0 Å². The number of rotatable bonds is 7. The fraction of sp³-hybridized carbons (Fsp3) is 0.120. The Morgan fingerprint density at radius 2 is 1.53 bits per heavy atom. The summed E-state index contributed by atoms with van der Waals surface area (Å²) in [5, 5.41) is 6.90. The van der Waals surface area contributed by atoms with Crippen molar-refractivity contribution in [3.05, 3.63) is 81.8 Å². The molecule has 0 saturated carbocycles. The number of nitrogens with one attached hydrogen (secondary N) is 2. The average Bonchev–Trinajstić information content (AvgIpc) is 2.89. The van der Waals surface area contributed by atoms with Crippen molar-refractivity contribution in [2.45, 2.75) is 6.92 Å². The number of ether oxygens (including phenoxy) is 3. The van der Waals surface area contributed by atoms with Gasteiger partial charge in [-0.25, -0.2) is 10.2 Å². The summed E-state index contributed by atoms with van der Waals surface area (Å²) in [7, 11) is 2.88. The van der Waals surface area contributed by atoms with Gasteiger partial charge in [0.2, 0.25) is 0 Å². The summed E-state index contributed by atoms with van der Waals surface area (Å²) in [4.78, 5) is 36.9. The van der Waals surface area contributed by atoms with E-state index in [1.807, 2.05) is 0 Å². The van der Waals surface area contributed by atoms with Gasteiger partial charge in [0.25, 0.3) is 0 Å². The number of carbonyl (C=O) groups excluding carboxylic acids is 3. The van der Waals surface area contributed by atoms with E-state index in [1.54, 1.807) is 43.3 Å². The Morgan fingerprint density at radius 3 is 2.22 bits per heavy atom. The van der Waals surface area contributed by atoms with Crippen LogP contribution in [-0.2, 0) is 9.59 Å². The molecule has 0 saturated heterocycles. The molecule has 0 fully saturated rings. The standard InChI is InChI=1S/C25H21Cl2N3O6/c1-14(29-30-24(32)23(31)28-16-9-10-18(26)19(27)13-16)15-8-11-21(22(12-15)35-3)36-25(33)17-6-4-5-7-20(17)34-2/h4-13H,1-3H3,(H,28,31)(H,30,32)/b29-14+. The number of esters is 1. The van der Waals surface area contributed by atoms with E-state index in [4.69, 9.17) is 37.4 Å². The maximum Gasteiger partial charge on any atom is 0.347 e. The van der Waals surface area contributed by atoms with Gasteiger partial charge in [-0.3, -0.25) is 9.59 Å². The molecule has 0 aliphatic rings. The lowest BCUT2D eigenvalue weighted by molar-refractivity contribution is -0.136. The zero-order chi connectivity index (χ0) is 26.2. The number of hydrazone groups is 1. The molecule has 0 atom stereocenters. The van der Waals surface area contributed by atoms with Crippen LogP contribution in [0.1, 0.15) is 22.8 Å². The van der Waals surface area contributed by atoms with Gasteiger partial charge in [-0.2, -0.15) is 5.10 Å². The van der Waals surface area contributed by atoms with Gasteiger partial charge in [0.1, 0.15) is 11.3 Å². The second kappa shape index (κ2) is 12.1. The smallest absolute Gasteiger partial charge is 0.347 e. The third-order valence-corrected chi connectivity index (χ3v) is 5.56. The molecule has 0 aliphatic heterocycles. The maximum absolute atomic E-state index is 12.6. The summed E-state index contributed by atoms with van der Waals surface area (Å²) < 4.78 is 16.0. The number of hydrogen-bond acceptors (Lipinski definition) is 7. The first kappa shape index (κ1) is 26.5. The predicted octanol–water partition coefficient (Wildman–Crippen LogP) is 4.71. The summed E-state index contributed by atoms with van der Waals surface area (Å²) in [6.45, 7) is 1.62. The molecule has 2 amide bonds. The first-order valence-electron chi connectivity index (χ1n) is 10.4. The number of methoxy groups -OCH3 is 2. The highest BCUT2D eigenvalue weighted by molar-refractivity contribution is 6.43. The maximum atomic E-state index is 12.6. The predicted molar refractivity (Wildman–Crippen MR) is 136 cm³/mol. The van der Waals surface area contributed by atoms with Crippen LogP contribution >= 0.6 is 23.2 Å². The minimum atomic E-state index is -0.991. The van der Waals surface area contributed by atoms with Gasteiger partial charge in [-0.05, 0) is 55.5 Å². The van der Waals surface area contributed by atoms with Gasteiger partial charge in [0.15, 0.2) is 11.5 Å². The lowest BCUT2D eigenvalue weighted by atomic mass is 10.1. The highest BCUT2D eigenvalue weighted by Gasteiger charge is 2.18. The van der Waals surface area contributed by atoms with Crippen LogP contribution in [0.15, 0.2) is 65.8 Å². The van der Waals surface area contributed by atoms with Gasteiger partial charge in [-0.1, -0.05) is 35.3 Å². The molecule has 0 unspecified atom stereocenters. The lowest BCUT2D eigenvalue weighted by Gasteiger charge is -2.12. The molecule has 2 N–H and O–H groups in total. The van der Waals surface area contributed by atoms with Crippen molar-refractivity contribution in [2.24, 2.45) is 5.10 Å². The van der Waals surface area contributed by atoms with E-state index in [0.717, 1.165) is 0 Å². The molecule has 0 spiro atoms. The minimum absolute atomic E-state index is 0.176. The molecule has 0 aliphatic carbocycles. The lowest BCUT2D eigenvalue weighted by Crippen LogP contribution is -2.32. The molecule has 3 aromatic rings. The van der Waals surface area contributed by atoms with Gasteiger partial charge >= 0.3 is 17.8 Å². The number of nitrogens with zero attached hydrogens (tertiary/aromatic N) is 1. The summed E-state index contributed by atoms with van der Waals surface area (Å²) >= 11 is 11.7. The summed E-state index contributed by atoms with van der Waals surface area (Å²) in [5.41, 5.74) is 3.66. The molecule has 0 radical (unpaired) electrons. The van der Waals surface area contributed by atoms with Gasteiger partial charge in [0, 0.05) is 11.3 Å². The third-order valence-electron chi connectivity index (χ3n) is 4.82. The van der Waals surface area contributed by atoms with E-state index in [1.165, 1.54) is 38.5 Å². The zero-order valence-corrected chi connectivity index (χ0v) is 20.9. The average molecular weight is 530 g/mol. The van der Waals surface area contributed by atoms with Crippen LogP contribution in [0.25, 0.3) is 0 Å². The quantitative estimate of drug-likeness (QED) is 0.150. The van der Waals surface area contributed by atoms with Crippen molar-refractivity contribution in [1.29, 1.82) is 0 Å². The van der Waals surface area contributed by atoms with Gasteiger partial charge < -0.3 is 19.5 Å². The van der Waals surface area contributed by atoms with E-state index in [2.05, 4.69) is 15.8 Å². The van der Waals surface area contributed by atoms with Crippen LogP contribution in [0.4, 0.5) is 5.69 Å². The second-order valence-electron chi connectivity index (χ2n) is 7.18. The molecule has 11 heteroatoms. The highest BCUT2D eigenvalue weighted by atomic mass is 35.5. The SMILES string of the molecule is COc1cc(/C(C)=N/NC(=O)C(=O)Nc2ccc(Cl)c(Cl)c2)ccc1OC(=O)c1ccccc1OC. The summed E-state index contributed by atoms with van der Waals surface area (Å²) in [6.07, 6.45) is 0. The van der Waals surface area contributed by atoms with Crippen molar-refractivity contribution < 1.29 is 28.6 Å². The van der Waals surface area contributed by atoms with Crippen molar-refractivity contribution >= 4 is 52.4 Å². The molecule has 0 aromatic heterocycles.